The van der Waals surface area contributed by atoms with E-state index in [1.165, 1.54) is 0 Å². The minimum atomic E-state index is -0.605. The second kappa shape index (κ2) is 12.2. The normalized spacial score (nSPS) is 13.4. The average molecular weight is 475 g/mol. The summed E-state index contributed by atoms with van der Waals surface area (Å²) in [6, 6.07) is 22.4. The molecule has 0 aliphatic heterocycles. The summed E-state index contributed by atoms with van der Waals surface area (Å²) in [5, 5.41) is 6.20. The Morgan fingerprint density at radius 1 is 0.971 bits per heavy atom. The Hall–Kier alpha value is -3.64. The van der Waals surface area contributed by atoms with Crippen molar-refractivity contribution in [1.82, 2.24) is 5.32 Å². The number of benzene rings is 2. The Kier molecular flexibility index (Phi) is 9.04. The molecule has 35 heavy (non-hydrogen) atoms. The van der Waals surface area contributed by atoms with Gasteiger partial charge >= 0.3 is 5.97 Å². The molecular weight excluding hydrogens is 440 g/mol. The molecule has 1 heterocycles. The maximum Gasteiger partial charge on any atom is 0.311 e. The topological polar surface area (TPSA) is 80.6 Å². The number of para-hydroxylation sites is 1. The summed E-state index contributed by atoms with van der Waals surface area (Å²) < 4.78 is 11.5. The zero-order valence-corrected chi connectivity index (χ0v) is 20.8. The highest BCUT2D eigenvalue weighted by Gasteiger charge is 2.31. The first-order valence-corrected chi connectivity index (χ1v) is 11.8. The molecular formula is C29H34N2O4. The molecule has 0 radical (unpaired) electrons. The minimum Gasteiger partial charge on any atom is -0.460 e. The summed E-state index contributed by atoms with van der Waals surface area (Å²) in [7, 11) is 0. The van der Waals surface area contributed by atoms with Gasteiger partial charge in [-0.3, -0.25) is 9.59 Å². The van der Waals surface area contributed by atoms with Crippen molar-refractivity contribution in [1.29, 1.82) is 0 Å². The first-order chi connectivity index (χ1) is 16.7. The van der Waals surface area contributed by atoms with Crippen LogP contribution in [0.25, 0.3) is 6.08 Å². The van der Waals surface area contributed by atoms with Gasteiger partial charge in [0.2, 0.25) is 0 Å². The summed E-state index contributed by atoms with van der Waals surface area (Å²) in [5.74, 6) is -0.397. The summed E-state index contributed by atoms with van der Waals surface area (Å²) >= 11 is 0. The van der Waals surface area contributed by atoms with E-state index < -0.39 is 11.5 Å². The lowest BCUT2D eigenvalue weighted by Crippen LogP contribution is -2.42. The molecule has 2 atom stereocenters. The predicted octanol–water partition coefficient (Wildman–Crippen LogP) is 5.72. The Balaban J connectivity index is 1.65. The van der Waals surface area contributed by atoms with Gasteiger partial charge in [0.25, 0.3) is 5.91 Å². The van der Waals surface area contributed by atoms with Crippen LogP contribution in [0.2, 0.25) is 0 Å². The lowest BCUT2D eigenvalue weighted by Gasteiger charge is -2.27. The number of ether oxygens (including phenoxy) is 1. The lowest BCUT2D eigenvalue weighted by molar-refractivity contribution is -0.161. The largest absolute Gasteiger partial charge is 0.460 e. The van der Waals surface area contributed by atoms with E-state index in [4.69, 9.17) is 9.15 Å². The summed E-state index contributed by atoms with van der Waals surface area (Å²) in [6.45, 7) is 8.10. The molecule has 2 N–H and O–H groups in total. The maximum atomic E-state index is 13.0. The van der Waals surface area contributed by atoms with E-state index in [0.29, 0.717) is 24.4 Å². The number of esters is 1. The fourth-order valence-corrected chi connectivity index (χ4v) is 3.54. The quantitative estimate of drug-likeness (QED) is 0.367. The van der Waals surface area contributed by atoms with Crippen molar-refractivity contribution in [3.8, 4) is 0 Å². The molecule has 2 unspecified atom stereocenters. The number of furan rings is 1. The number of amides is 1. The highest BCUT2D eigenvalue weighted by atomic mass is 16.6. The van der Waals surface area contributed by atoms with E-state index in [9.17, 15) is 9.59 Å². The van der Waals surface area contributed by atoms with Gasteiger partial charge in [-0.1, -0.05) is 60.7 Å². The van der Waals surface area contributed by atoms with Crippen LogP contribution in [0.5, 0.6) is 0 Å². The van der Waals surface area contributed by atoms with Crippen LogP contribution in [0.3, 0.4) is 0 Å². The van der Waals surface area contributed by atoms with Crippen LogP contribution in [0, 0.1) is 5.92 Å². The van der Waals surface area contributed by atoms with Gasteiger partial charge in [0.1, 0.15) is 11.4 Å². The van der Waals surface area contributed by atoms with Crippen molar-refractivity contribution >= 4 is 23.6 Å². The van der Waals surface area contributed by atoms with Crippen molar-refractivity contribution in [2.24, 2.45) is 5.92 Å². The van der Waals surface area contributed by atoms with Crippen LogP contribution in [0.1, 0.15) is 49.6 Å². The molecule has 3 rings (SSSR count). The van der Waals surface area contributed by atoms with E-state index in [1.807, 2.05) is 88.4 Å². The second-order valence-electron chi connectivity index (χ2n) is 9.44. The van der Waals surface area contributed by atoms with Crippen LogP contribution < -0.4 is 10.6 Å². The highest BCUT2D eigenvalue weighted by molar-refractivity contribution is 6.02. The number of hydrogen-bond donors (Lipinski definition) is 2. The van der Waals surface area contributed by atoms with Gasteiger partial charge in [0.05, 0.1) is 5.92 Å². The van der Waals surface area contributed by atoms with Crippen LogP contribution in [-0.2, 0) is 16.0 Å². The molecule has 184 valence electrons. The van der Waals surface area contributed by atoms with Crippen LogP contribution >= 0.6 is 0 Å². The number of rotatable bonds is 10. The van der Waals surface area contributed by atoms with E-state index >= 15 is 0 Å². The Morgan fingerprint density at radius 2 is 1.63 bits per heavy atom. The van der Waals surface area contributed by atoms with Crippen molar-refractivity contribution in [3.05, 3.63) is 96.0 Å². The first-order valence-electron chi connectivity index (χ1n) is 11.8. The zero-order chi connectivity index (χ0) is 25.3. The number of anilines is 1. The van der Waals surface area contributed by atoms with Gasteiger partial charge in [0.15, 0.2) is 5.76 Å². The number of nitrogens with one attached hydrogen (secondary N) is 2. The molecule has 0 spiro atoms. The number of hydrogen-bond acceptors (Lipinski definition) is 5. The molecule has 6 heteroatoms. The van der Waals surface area contributed by atoms with Crippen molar-refractivity contribution in [3.63, 3.8) is 0 Å². The molecule has 0 fully saturated rings. The summed E-state index contributed by atoms with van der Waals surface area (Å²) in [6.07, 6.45) is 4.37. The van der Waals surface area contributed by atoms with Crippen LogP contribution in [0.4, 0.5) is 5.69 Å². The molecule has 6 nitrogen and oxygen atoms in total. The Morgan fingerprint density at radius 3 is 2.29 bits per heavy atom. The second-order valence-corrected chi connectivity index (χ2v) is 9.44. The van der Waals surface area contributed by atoms with Gasteiger partial charge in [-0.05, 0) is 57.5 Å². The third-order valence-electron chi connectivity index (χ3n) is 5.32. The average Bonchev–Trinajstić information content (AvgIpc) is 3.29. The lowest BCUT2D eigenvalue weighted by atomic mass is 9.95. The monoisotopic (exact) mass is 474 g/mol. The molecule has 0 saturated carbocycles. The summed E-state index contributed by atoms with van der Waals surface area (Å²) in [4.78, 5) is 25.6. The van der Waals surface area contributed by atoms with Gasteiger partial charge in [-0.2, -0.15) is 0 Å². The fraction of sp³-hybridized carbons (Fsp3) is 0.310. The molecule has 1 aromatic heterocycles. The van der Waals surface area contributed by atoms with E-state index in [1.54, 1.807) is 24.3 Å². The first kappa shape index (κ1) is 26.0. The predicted molar refractivity (Wildman–Crippen MR) is 139 cm³/mol. The van der Waals surface area contributed by atoms with Gasteiger partial charge in [-0.15, -0.1) is 0 Å². The third-order valence-corrected chi connectivity index (χ3v) is 5.32. The van der Waals surface area contributed by atoms with Crippen molar-refractivity contribution < 1.29 is 18.7 Å². The van der Waals surface area contributed by atoms with E-state index in [0.717, 1.165) is 5.56 Å². The third kappa shape index (κ3) is 8.58. The molecule has 2 aromatic carbocycles. The van der Waals surface area contributed by atoms with E-state index in [2.05, 4.69) is 10.6 Å². The minimum absolute atomic E-state index is 0.183. The fourth-order valence-electron chi connectivity index (χ4n) is 3.54. The molecule has 0 bridgehead atoms. The van der Waals surface area contributed by atoms with Crippen LogP contribution in [0.15, 0.2) is 83.3 Å². The smallest absolute Gasteiger partial charge is 0.311 e. The zero-order valence-electron chi connectivity index (χ0n) is 20.8. The highest BCUT2D eigenvalue weighted by Crippen LogP contribution is 2.21. The number of carbonyl (C=O) groups is 2. The van der Waals surface area contributed by atoms with Crippen molar-refractivity contribution in [2.75, 3.05) is 11.9 Å². The standard InChI is InChI=1S/C29H34N2O4/c1-21(30-19-11-14-22-12-7-5-8-13-22)25(28(33)35-29(2,3)4)20-24-17-18-26(34-24)27(32)31-23-15-9-6-10-16-23/h5-18,21,25,30H,19-20H2,1-4H3,(H,31,32). The molecule has 3 aromatic rings. The van der Waals surface area contributed by atoms with Crippen molar-refractivity contribution in [2.45, 2.75) is 45.8 Å². The molecule has 0 saturated heterocycles. The van der Waals surface area contributed by atoms with E-state index in [-0.39, 0.29) is 23.7 Å². The number of carbonyl (C=O) groups excluding carboxylic acids is 2. The maximum absolute atomic E-state index is 13.0. The molecule has 0 aliphatic carbocycles. The SMILES string of the molecule is CC(NCC=Cc1ccccc1)C(Cc1ccc(C(=O)Nc2ccccc2)o1)C(=O)OC(C)(C)C. The molecule has 1 amide bonds. The van der Waals surface area contributed by atoms with Crippen LogP contribution in [-0.4, -0.2) is 30.1 Å². The Labute approximate surface area is 207 Å². The van der Waals surface area contributed by atoms with Gasteiger partial charge < -0.3 is 19.8 Å². The Bertz CT molecular complexity index is 1110. The van der Waals surface area contributed by atoms with Gasteiger partial charge in [0, 0.05) is 24.7 Å². The van der Waals surface area contributed by atoms with Gasteiger partial charge in [-0.25, -0.2) is 0 Å². The summed E-state index contributed by atoms with van der Waals surface area (Å²) in [5.41, 5.74) is 1.19. The molecule has 0 aliphatic rings.